The molecule has 0 saturated carbocycles. The molecule has 4 heteroatoms. The molecule has 1 atom stereocenters. The van der Waals surface area contributed by atoms with Gasteiger partial charge < -0.3 is 10.2 Å². The number of benzene rings is 1. The summed E-state index contributed by atoms with van der Waals surface area (Å²) >= 11 is 0. The van der Waals surface area contributed by atoms with Crippen LogP contribution in [0.3, 0.4) is 0 Å². The van der Waals surface area contributed by atoms with Crippen molar-refractivity contribution in [1.82, 2.24) is 10.2 Å². The molecular weight excluding hydrogens is 272 g/mol. The van der Waals surface area contributed by atoms with E-state index in [1.165, 1.54) is 5.56 Å². The molecule has 1 aliphatic rings. The van der Waals surface area contributed by atoms with Crippen molar-refractivity contribution in [3.05, 3.63) is 35.4 Å². The molecule has 2 rings (SSSR count). The Hall–Kier alpha value is -1.06. The van der Waals surface area contributed by atoms with E-state index >= 15 is 0 Å². The van der Waals surface area contributed by atoms with Gasteiger partial charge in [-0.05, 0) is 31.9 Å². The van der Waals surface area contributed by atoms with Crippen LogP contribution in [-0.4, -0.2) is 36.5 Å². The largest absolute Gasteiger partial charge is 0.338 e. The van der Waals surface area contributed by atoms with E-state index in [-0.39, 0.29) is 18.3 Å². The maximum Gasteiger partial charge on any atom is 0.227 e. The number of rotatable bonds is 5. The van der Waals surface area contributed by atoms with E-state index < -0.39 is 0 Å². The van der Waals surface area contributed by atoms with Crippen molar-refractivity contribution in [2.24, 2.45) is 0 Å². The van der Waals surface area contributed by atoms with Gasteiger partial charge in [0.15, 0.2) is 0 Å². The Balaban J connectivity index is 0.00000200. The van der Waals surface area contributed by atoms with Crippen molar-refractivity contribution in [3.63, 3.8) is 0 Å². The second kappa shape index (κ2) is 8.28. The van der Waals surface area contributed by atoms with Gasteiger partial charge in [-0.3, -0.25) is 4.79 Å². The smallest absolute Gasteiger partial charge is 0.227 e. The molecule has 1 N–H and O–H groups in total. The van der Waals surface area contributed by atoms with Crippen LogP contribution in [0.4, 0.5) is 0 Å². The molecule has 1 aromatic rings. The van der Waals surface area contributed by atoms with Crippen molar-refractivity contribution in [1.29, 1.82) is 0 Å². The number of hydrogen-bond donors (Lipinski definition) is 1. The first-order chi connectivity index (χ1) is 9.20. The number of carbonyl (C=O) groups is 1. The molecule has 20 heavy (non-hydrogen) atoms. The topological polar surface area (TPSA) is 32.3 Å². The zero-order valence-corrected chi connectivity index (χ0v) is 13.2. The van der Waals surface area contributed by atoms with Gasteiger partial charge in [0.05, 0.1) is 6.42 Å². The van der Waals surface area contributed by atoms with Crippen LogP contribution in [0.1, 0.15) is 30.9 Å². The van der Waals surface area contributed by atoms with E-state index in [1.807, 2.05) is 12.1 Å². The Kier molecular flexibility index (Phi) is 7.03. The lowest BCUT2D eigenvalue weighted by Gasteiger charge is -2.28. The summed E-state index contributed by atoms with van der Waals surface area (Å²) in [5, 5.41) is 3.35. The van der Waals surface area contributed by atoms with Gasteiger partial charge in [-0.1, -0.05) is 36.8 Å². The van der Waals surface area contributed by atoms with Gasteiger partial charge in [-0.15, -0.1) is 12.4 Å². The minimum absolute atomic E-state index is 0. The molecule has 1 aliphatic heterocycles. The summed E-state index contributed by atoms with van der Waals surface area (Å²) < 4.78 is 0. The fourth-order valence-corrected chi connectivity index (χ4v) is 2.76. The molecule has 0 aromatic heterocycles. The molecule has 0 bridgehead atoms. The van der Waals surface area contributed by atoms with Gasteiger partial charge in [0, 0.05) is 19.1 Å². The van der Waals surface area contributed by atoms with Crippen LogP contribution in [0, 0.1) is 6.92 Å². The molecule has 0 aliphatic carbocycles. The lowest BCUT2D eigenvalue weighted by molar-refractivity contribution is -0.132. The lowest BCUT2D eigenvalue weighted by atomic mass is 10.1. The van der Waals surface area contributed by atoms with Gasteiger partial charge in [0.25, 0.3) is 0 Å². The molecular formula is C16H25ClN2O. The molecule has 1 amide bonds. The number of halogens is 1. The minimum Gasteiger partial charge on any atom is -0.338 e. The van der Waals surface area contributed by atoms with Crippen molar-refractivity contribution >= 4 is 18.3 Å². The number of aryl methyl sites for hydroxylation is 1. The summed E-state index contributed by atoms with van der Waals surface area (Å²) in [7, 11) is 0. The van der Waals surface area contributed by atoms with Crippen LogP contribution in [-0.2, 0) is 11.2 Å². The third-order valence-electron chi connectivity index (χ3n) is 3.70. The van der Waals surface area contributed by atoms with Crippen LogP contribution >= 0.6 is 12.4 Å². The summed E-state index contributed by atoms with van der Waals surface area (Å²) in [6.07, 6.45) is 2.63. The standard InChI is InChI=1S/C16H24N2O.ClH/c1-3-9-18(15-7-8-17-12-15)16(19)11-14-6-4-5-13(2)10-14;/h4-6,10,15,17H,3,7-9,11-12H2,1-2H3;1H. The Morgan fingerprint density at radius 3 is 2.85 bits per heavy atom. The summed E-state index contributed by atoms with van der Waals surface area (Å²) in [4.78, 5) is 14.6. The Morgan fingerprint density at radius 1 is 1.45 bits per heavy atom. The van der Waals surface area contributed by atoms with Crippen LogP contribution in [0.25, 0.3) is 0 Å². The number of nitrogens with zero attached hydrogens (tertiary/aromatic N) is 1. The maximum atomic E-state index is 12.5. The molecule has 0 spiro atoms. The summed E-state index contributed by atoms with van der Waals surface area (Å²) in [6, 6.07) is 8.63. The van der Waals surface area contributed by atoms with E-state index in [0.717, 1.165) is 38.0 Å². The molecule has 1 unspecified atom stereocenters. The quantitative estimate of drug-likeness (QED) is 0.906. The molecule has 1 saturated heterocycles. The second-order valence-corrected chi connectivity index (χ2v) is 5.40. The van der Waals surface area contributed by atoms with E-state index in [0.29, 0.717) is 12.5 Å². The molecule has 112 valence electrons. The fraction of sp³-hybridized carbons (Fsp3) is 0.562. The zero-order chi connectivity index (χ0) is 13.7. The average molecular weight is 297 g/mol. The molecule has 1 fully saturated rings. The van der Waals surface area contributed by atoms with Crippen LogP contribution in [0.5, 0.6) is 0 Å². The highest BCUT2D eigenvalue weighted by Gasteiger charge is 2.25. The fourth-order valence-electron chi connectivity index (χ4n) is 2.76. The van der Waals surface area contributed by atoms with E-state index in [4.69, 9.17) is 0 Å². The average Bonchev–Trinajstić information content (AvgIpc) is 2.89. The summed E-state index contributed by atoms with van der Waals surface area (Å²) in [5.41, 5.74) is 2.34. The normalized spacial score (nSPS) is 17.6. The molecule has 3 nitrogen and oxygen atoms in total. The van der Waals surface area contributed by atoms with Gasteiger partial charge in [0.2, 0.25) is 5.91 Å². The Morgan fingerprint density at radius 2 is 2.25 bits per heavy atom. The first-order valence-electron chi connectivity index (χ1n) is 7.26. The second-order valence-electron chi connectivity index (χ2n) is 5.40. The van der Waals surface area contributed by atoms with Gasteiger partial charge >= 0.3 is 0 Å². The molecule has 0 radical (unpaired) electrons. The van der Waals surface area contributed by atoms with Crippen molar-refractivity contribution < 1.29 is 4.79 Å². The maximum absolute atomic E-state index is 12.5. The van der Waals surface area contributed by atoms with E-state index in [9.17, 15) is 4.79 Å². The van der Waals surface area contributed by atoms with Gasteiger partial charge in [0.1, 0.15) is 0 Å². The van der Waals surface area contributed by atoms with Crippen molar-refractivity contribution in [3.8, 4) is 0 Å². The SMILES string of the molecule is CCCN(C(=O)Cc1cccc(C)c1)C1CCNC1.Cl. The number of hydrogen-bond acceptors (Lipinski definition) is 2. The first kappa shape index (κ1) is 17.0. The summed E-state index contributed by atoms with van der Waals surface area (Å²) in [5.74, 6) is 0.265. The summed E-state index contributed by atoms with van der Waals surface area (Å²) in [6.45, 7) is 7.05. The highest BCUT2D eigenvalue weighted by molar-refractivity contribution is 5.85. The monoisotopic (exact) mass is 296 g/mol. The Labute approximate surface area is 128 Å². The molecule has 1 heterocycles. The third-order valence-corrected chi connectivity index (χ3v) is 3.70. The van der Waals surface area contributed by atoms with Gasteiger partial charge in [-0.2, -0.15) is 0 Å². The molecule has 1 aromatic carbocycles. The predicted octanol–water partition coefficient (Wildman–Crippen LogP) is 2.56. The van der Waals surface area contributed by atoms with Crippen molar-refractivity contribution in [2.45, 2.75) is 39.2 Å². The minimum atomic E-state index is 0. The Bertz CT molecular complexity index is 430. The van der Waals surface area contributed by atoms with E-state index in [2.05, 4.69) is 36.2 Å². The van der Waals surface area contributed by atoms with Crippen LogP contribution < -0.4 is 5.32 Å². The highest BCUT2D eigenvalue weighted by Crippen LogP contribution is 2.13. The lowest BCUT2D eigenvalue weighted by Crippen LogP contribution is -2.42. The first-order valence-corrected chi connectivity index (χ1v) is 7.26. The van der Waals surface area contributed by atoms with Crippen molar-refractivity contribution in [2.75, 3.05) is 19.6 Å². The zero-order valence-electron chi connectivity index (χ0n) is 12.4. The highest BCUT2D eigenvalue weighted by atomic mass is 35.5. The van der Waals surface area contributed by atoms with Crippen LogP contribution in [0.15, 0.2) is 24.3 Å². The predicted molar refractivity (Wildman–Crippen MR) is 85.4 cm³/mol. The number of carbonyl (C=O) groups excluding carboxylic acids is 1. The van der Waals surface area contributed by atoms with E-state index in [1.54, 1.807) is 0 Å². The number of amides is 1. The van der Waals surface area contributed by atoms with Gasteiger partial charge in [-0.25, -0.2) is 0 Å². The van der Waals surface area contributed by atoms with Crippen LogP contribution in [0.2, 0.25) is 0 Å². The third kappa shape index (κ3) is 4.50. The number of nitrogens with one attached hydrogen (secondary N) is 1.